The second-order valence-electron chi connectivity index (χ2n) is 5.87. The van der Waals surface area contributed by atoms with Crippen molar-refractivity contribution in [1.29, 1.82) is 0 Å². The number of nitrogens with two attached hydrogens (primary N) is 1. The minimum atomic E-state index is -1.17. The fourth-order valence-electron chi connectivity index (χ4n) is 1.91. The summed E-state index contributed by atoms with van der Waals surface area (Å²) in [5.74, 6) is -2.31. The fourth-order valence-corrected chi connectivity index (χ4v) is 2.16. The molecule has 5 N–H and O–H groups in total. The lowest BCUT2D eigenvalue weighted by molar-refractivity contribution is -0.141. The van der Waals surface area contributed by atoms with Gasteiger partial charge in [0.2, 0.25) is 11.8 Å². The van der Waals surface area contributed by atoms with Crippen molar-refractivity contribution in [1.82, 2.24) is 10.6 Å². The van der Waals surface area contributed by atoms with Gasteiger partial charge in [-0.25, -0.2) is 4.79 Å². The largest absolute Gasteiger partial charge is 0.480 e. The van der Waals surface area contributed by atoms with E-state index in [1.165, 1.54) is 0 Å². The first kappa shape index (κ1) is 21.7. The minimum Gasteiger partial charge on any atom is -0.480 e. The van der Waals surface area contributed by atoms with Gasteiger partial charge in [-0.05, 0) is 11.8 Å². The second kappa shape index (κ2) is 10.5. The highest BCUT2D eigenvalue weighted by molar-refractivity contribution is 7.80. The van der Waals surface area contributed by atoms with Crippen molar-refractivity contribution in [2.75, 3.05) is 5.75 Å². The zero-order chi connectivity index (χ0) is 18.2. The number of carbonyl (C=O) groups is 3. The molecule has 0 spiro atoms. The summed E-state index contributed by atoms with van der Waals surface area (Å²) >= 11 is 3.91. The molecular weight excluding hydrogens is 318 g/mol. The Morgan fingerprint density at radius 2 is 1.57 bits per heavy atom. The summed E-state index contributed by atoms with van der Waals surface area (Å²) in [4.78, 5) is 35.6. The number of carboxylic acids is 1. The van der Waals surface area contributed by atoms with Gasteiger partial charge >= 0.3 is 5.97 Å². The van der Waals surface area contributed by atoms with Crippen LogP contribution in [0.15, 0.2) is 0 Å². The third kappa shape index (κ3) is 6.78. The van der Waals surface area contributed by atoms with Gasteiger partial charge in [-0.2, -0.15) is 12.6 Å². The first-order valence-electron chi connectivity index (χ1n) is 7.89. The van der Waals surface area contributed by atoms with E-state index in [1.807, 2.05) is 27.7 Å². The monoisotopic (exact) mass is 347 g/mol. The molecule has 0 radical (unpaired) electrons. The van der Waals surface area contributed by atoms with Gasteiger partial charge in [-0.3, -0.25) is 9.59 Å². The van der Waals surface area contributed by atoms with E-state index >= 15 is 0 Å². The van der Waals surface area contributed by atoms with Crippen molar-refractivity contribution < 1.29 is 19.5 Å². The summed E-state index contributed by atoms with van der Waals surface area (Å²) < 4.78 is 0. The van der Waals surface area contributed by atoms with Crippen molar-refractivity contribution >= 4 is 30.4 Å². The first-order chi connectivity index (χ1) is 10.7. The Bertz CT molecular complexity index is 420. The molecule has 0 unspecified atom stereocenters. The second-order valence-corrected chi connectivity index (χ2v) is 6.23. The van der Waals surface area contributed by atoms with E-state index in [1.54, 1.807) is 0 Å². The zero-order valence-electron chi connectivity index (χ0n) is 14.2. The lowest BCUT2D eigenvalue weighted by Crippen LogP contribution is -2.57. The van der Waals surface area contributed by atoms with E-state index < -0.39 is 35.9 Å². The SMILES string of the molecule is CC[C@H](C)[C@H](N)C(=O)N[C@H](C(=O)N[C@@H](CS)C(=O)O)[C@@H](C)CC. The third-order valence-electron chi connectivity index (χ3n) is 4.15. The van der Waals surface area contributed by atoms with Crippen LogP contribution in [0.5, 0.6) is 0 Å². The first-order valence-corrected chi connectivity index (χ1v) is 8.52. The van der Waals surface area contributed by atoms with Gasteiger partial charge in [-0.1, -0.05) is 40.5 Å². The van der Waals surface area contributed by atoms with Crippen LogP contribution < -0.4 is 16.4 Å². The molecule has 8 heteroatoms. The number of rotatable bonds is 10. The van der Waals surface area contributed by atoms with E-state index in [9.17, 15) is 14.4 Å². The van der Waals surface area contributed by atoms with Crippen molar-refractivity contribution in [3.63, 3.8) is 0 Å². The number of thiol groups is 1. The predicted octanol–water partition coefficient (Wildman–Crippen LogP) is 0.390. The molecule has 0 aliphatic rings. The van der Waals surface area contributed by atoms with Gasteiger partial charge in [0.15, 0.2) is 0 Å². The summed E-state index contributed by atoms with van der Waals surface area (Å²) in [6.07, 6.45) is 1.39. The van der Waals surface area contributed by atoms with Crippen molar-refractivity contribution in [2.45, 2.75) is 58.7 Å². The Morgan fingerprint density at radius 3 is 1.96 bits per heavy atom. The van der Waals surface area contributed by atoms with Crippen LogP contribution in [-0.2, 0) is 14.4 Å². The van der Waals surface area contributed by atoms with Crippen molar-refractivity contribution in [3.05, 3.63) is 0 Å². The highest BCUT2D eigenvalue weighted by atomic mass is 32.1. The Morgan fingerprint density at radius 1 is 1.04 bits per heavy atom. The molecule has 0 aliphatic heterocycles. The van der Waals surface area contributed by atoms with Gasteiger partial charge in [0.05, 0.1) is 6.04 Å². The number of hydrogen-bond acceptors (Lipinski definition) is 5. The average Bonchev–Trinajstić information content (AvgIpc) is 2.54. The maximum absolute atomic E-state index is 12.4. The predicted molar refractivity (Wildman–Crippen MR) is 92.2 cm³/mol. The average molecular weight is 347 g/mol. The number of carbonyl (C=O) groups excluding carboxylic acids is 2. The van der Waals surface area contributed by atoms with Crippen LogP contribution in [-0.4, -0.2) is 46.8 Å². The van der Waals surface area contributed by atoms with Crippen LogP contribution in [0.1, 0.15) is 40.5 Å². The molecule has 0 saturated carbocycles. The molecule has 0 fully saturated rings. The van der Waals surface area contributed by atoms with Crippen LogP contribution in [0.2, 0.25) is 0 Å². The van der Waals surface area contributed by atoms with Crippen LogP contribution in [0.3, 0.4) is 0 Å². The molecule has 0 heterocycles. The van der Waals surface area contributed by atoms with Gasteiger partial charge in [-0.15, -0.1) is 0 Å². The Balaban J connectivity index is 5.05. The highest BCUT2D eigenvalue weighted by Crippen LogP contribution is 2.11. The number of amides is 2. The molecule has 0 aliphatic carbocycles. The molecule has 0 rings (SSSR count). The topological polar surface area (TPSA) is 122 Å². The fraction of sp³-hybridized carbons (Fsp3) is 0.800. The molecule has 7 nitrogen and oxygen atoms in total. The molecule has 0 aromatic carbocycles. The summed E-state index contributed by atoms with van der Waals surface area (Å²) in [5, 5.41) is 14.1. The lowest BCUT2D eigenvalue weighted by atomic mass is 9.95. The van der Waals surface area contributed by atoms with Crippen molar-refractivity contribution in [3.8, 4) is 0 Å². The third-order valence-corrected chi connectivity index (χ3v) is 4.52. The molecule has 134 valence electrons. The van der Waals surface area contributed by atoms with E-state index in [4.69, 9.17) is 10.8 Å². The molecule has 0 aromatic heterocycles. The van der Waals surface area contributed by atoms with E-state index in [2.05, 4.69) is 23.3 Å². The number of aliphatic carboxylic acids is 1. The summed E-state index contributed by atoms with van der Waals surface area (Å²) in [6.45, 7) is 7.50. The molecule has 23 heavy (non-hydrogen) atoms. The van der Waals surface area contributed by atoms with E-state index in [0.29, 0.717) is 6.42 Å². The van der Waals surface area contributed by atoms with Crippen LogP contribution in [0.4, 0.5) is 0 Å². The van der Waals surface area contributed by atoms with Gasteiger partial charge in [0, 0.05) is 5.75 Å². The Labute approximate surface area is 143 Å². The molecule has 0 bridgehead atoms. The van der Waals surface area contributed by atoms with E-state index in [-0.39, 0.29) is 17.6 Å². The highest BCUT2D eigenvalue weighted by Gasteiger charge is 2.31. The lowest BCUT2D eigenvalue weighted by Gasteiger charge is -2.27. The minimum absolute atomic E-state index is 0.0140. The molecule has 0 aromatic rings. The molecule has 5 atom stereocenters. The smallest absolute Gasteiger partial charge is 0.327 e. The molecule has 2 amide bonds. The van der Waals surface area contributed by atoms with Gasteiger partial charge < -0.3 is 21.5 Å². The van der Waals surface area contributed by atoms with Crippen molar-refractivity contribution in [2.24, 2.45) is 17.6 Å². The van der Waals surface area contributed by atoms with E-state index in [0.717, 1.165) is 6.42 Å². The maximum Gasteiger partial charge on any atom is 0.327 e. The quantitative estimate of drug-likeness (QED) is 0.366. The van der Waals surface area contributed by atoms with Crippen LogP contribution >= 0.6 is 12.6 Å². The zero-order valence-corrected chi connectivity index (χ0v) is 15.1. The van der Waals surface area contributed by atoms with Crippen LogP contribution in [0, 0.1) is 11.8 Å². The molecule has 0 saturated heterocycles. The maximum atomic E-state index is 12.4. The Kier molecular flexibility index (Phi) is 9.90. The van der Waals surface area contributed by atoms with Crippen LogP contribution in [0.25, 0.3) is 0 Å². The number of nitrogens with one attached hydrogen (secondary N) is 2. The summed E-state index contributed by atoms with van der Waals surface area (Å²) in [6, 6.07) is -2.64. The van der Waals surface area contributed by atoms with Gasteiger partial charge in [0.25, 0.3) is 0 Å². The standard InChI is InChI=1S/C15H29N3O4S/c1-5-8(3)11(16)13(19)18-12(9(4)6-2)14(20)17-10(7-23)15(21)22/h8-12,23H,5-7,16H2,1-4H3,(H,17,20)(H,18,19)(H,21,22)/t8-,9-,10-,11-,12-/m0/s1. The molecular formula is C15H29N3O4S. The van der Waals surface area contributed by atoms with Gasteiger partial charge in [0.1, 0.15) is 12.1 Å². The normalized spacial score (nSPS) is 17.5. The summed E-state index contributed by atoms with van der Waals surface area (Å²) in [7, 11) is 0. The number of hydrogen-bond donors (Lipinski definition) is 5. The number of carboxylic acid groups (broad SMARTS) is 1. The Hall–Kier alpha value is -1.28. The summed E-state index contributed by atoms with van der Waals surface area (Å²) in [5.41, 5.74) is 5.89.